The van der Waals surface area contributed by atoms with Crippen LogP contribution in [0.4, 0.5) is 10.5 Å². The second-order valence-electron chi connectivity index (χ2n) is 6.82. The number of anilines is 1. The molecule has 2 aromatic carbocycles. The van der Waals surface area contributed by atoms with E-state index in [9.17, 15) is 4.79 Å². The number of hydrogen-bond acceptors (Lipinski definition) is 4. The van der Waals surface area contributed by atoms with E-state index >= 15 is 0 Å². The molecule has 1 fully saturated rings. The van der Waals surface area contributed by atoms with Crippen LogP contribution >= 0.6 is 11.6 Å². The smallest absolute Gasteiger partial charge is 0.407 e. The lowest BCUT2D eigenvalue weighted by Gasteiger charge is -2.45. The number of carbonyl (C=O) groups excluding carboxylic acids is 1. The minimum Gasteiger partial charge on any atom is -0.455 e. The molecule has 26 heavy (non-hydrogen) atoms. The average Bonchev–Trinajstić information content (AvgIpc) is 2.78. The fourth-order valence-corrected chi connectivity index (χ4v) is 4.12. The van der Waals surface area contributed by atoms with E-state index in [1.54, 1.807) is 0 Å². The van der Waals surface area contributed by atoms with Gasteiger partial charge in [-0.05, 0) is 36.6 Å². The Morgan fingerprint density at radius 3 is 2.88 bits per heavy atom. The first kappa shape index (κ1) is 17.0. The Morgan fingerprint density at radius 1 is 1.27 bits per heavy atom. The van der Waals surface area contributed by atoms with Crippen molar-refractivity contribution in [3.05, 3.63) is 53.1 Å². The maximum absolute atomic E-state index is 12.0. The van der Waals surface area contributed by atoms with E-state index in [-0.39, 0.29) is 12.1 Å². The van der Waals surface area contributed by atoms with Crippen molar-refractivity contribution in [2.75, 3.05) is 18.6 Å². The SMILES string of the molecule is COC(=O)N[C@@H]1[C@H]2c3ccccc3Oc3ccc(Cl)cc3N2CC[C@@H]1C. The molecule has 0 radical (unpaired) electrons. The third-order valence-corrected chi connectivity index (χ3v) is 5.51. The zero-order chi connectivity index (χ0) is 18.3. The number of nitrogens with one attached hydrogen (secondary N) is 1. The summed E-state index contributed by atoms with van der Waals surface area (Å²) in [6, 6.07) is 13.5. The normalized spacial score (nSPS) is 23.7. The van der Waals surface area contributed by atoms with Crippen LogP contribution in [0, 0.1) is 5.92 Å². The first-order chi connectivity index (χ1) is 12.6. The van der Waals surface area contributed by atoms with Crippen LogP contribution in [-0.4, -0.2) is 25.8 Å². The number of benzene rings is 2. The van der Waals surface area contributed by atoms with Crippen molar-refractivity contribution in [1.82, 2.24) is 5.32 Å². The monoisotopic (exact) mass is 372 g/mol. The molecule has 0 unspecified atom stereocenters. The second kappa shape index (κ2) is 6.72. The van der Waals surface area contributed by atoms with Crippen LogP contribution in [0.15, 0.2) is 42.5 Å². The largest absolute Gasteiger partial charge is 0.455 e. The first-order valence-corrected chi connectivity index (χ1v) is 9.13. The number of halogens is 1. The zero-order valence-electron chi connectivity index (χ0n) is 14.7. The van der Waals surface area contributed by atoms with Crippen molar-refractivity contribution in [3.8, 4) is 11.5 Å². The van der Waals surface area contributed by atoms with Crippen molar-refractivity contribution < 1.29 is 14.3 Å². The van der Waals surface area contributed by atoms with E-state index in [2.05, 4.69) is 23.2 Å². The lowest BCUT2D eigenvalue weighted by Crippen LogP contribution is -2.53. The standard InChI is InChI=1S/C20H21ClN2O3/c1-12-9-10-23-15-11-13(21)7-8-17(15)26-16-6-4-3-5-14(16)19(23)18(12)22-20(24)25-2/h3-8,11-12,18-19H,9-10H2,1-2H3,(H,22,24)/t12-,18-,19+/m0/s1. The van der Waals surface area contributed by atoms with Crippen molar-refractivity contribution in [2.45, 2.75) is 25.4 Å². The molecule has 0 bridgehead atoms. The Hall–Kier alpha value is -2.40. The lowest BCUT2D eigenvalue weighted by molar-refractivity contribution is 0.154. The number of fused-ring (bicyclic) bond motifs is 5. The minimum absolute atomic E-state index is 0.0613. The summed E-state index contributed by atoms with van der Waals surface area (Å²) in [6.07, 6.45) is 0.525. The van der Waals surface area contributed by atoms with E-state index in [0.717, 1.165) is 35.7 Å². The van der Waals surface area contributed by atoms with Gasteiger partial charge < -0.3 is 19.7 Å². The Bertz CT molecular complexity index is 842. The van der Waals surface area contributed by atoms with Gasteiger partial charge in [0.25, 0.3) is 0 Å². The average molecular weight is 373 g/mol. The van der Waals surface area contributed by atoms with E-state index < -0.39 is 6.09 Å². The number of rotatable bonds is 1. The van der Waals surface area contributed by atoms with E-state index in [4.69, 9.17) is 21.1 Å². The van der Waals surface area contributed by atoms with E-state index in [1.807, 2.05) is 36.4 Å². The molecule has 0 spiro atoms. The second-order valence-corrected chi connectivity index (χ2v) is 7.25. The Morgan fingerprint density at radius 2 is 2.08 bits per heavy atom. The van der Waals surface area contributed by atoms with Gasteiger partial charge in [-0.2, -0.15) is 0 Å². The summed E-state index contributed by atoms with van der Waals surface area (Å²) in [7, 11) is 1.39. The fourth-order valence-electron chi connectivity index (χ4n) is 3.95. The lowest BCUT2D eigenvalue weighted by atomic mass is 9.82. The number of carbonyl (C=O) groups is 1. The molecule has 2 aliphatic rings. The number of hydrogen-bond donors (Lipinski definition) is 1. The van der Waals surface area contributed by atoms with Gasteiger partial charge in [0.2, 0.25) is 0 Å². The number of piperidine rings is 1. The number of nitrogens with zero attached hydrogens (tertiary/aromatic N) is 1. The fraction of sp³-hybridized carbons (Fsp3) is 0.350. The molecule has 3 atom stereocenters. The molecule has 4 rings (SSSR count). The zero-order valence-corrected chi connectivity index (χ0v) is 15.5. The predicted octanol–water partition coefficient (Wildman–Crippen LogP) is 4.76. The van der Waals surface area contributed by atoms with Gasteiger partial charge in [-0.25, -0.2) is 4.79 Å². The summed E-state index contributed by atoms with van der Waals surface area (Å²) in [6.45, 7) is 3.02. The minimum atomic E-state index is -0.419. The van der Waals surface area contributed by atoms with Gasteiger partial charge in [0, 0.05) is 17.1 Å². The summed E-state index contributed by atoms with van der Waals surface area (Å²) in [5.74, 6) is 1.87. The third kappa shape index (κ3) is 2.86. The molecular weight excluding hydrogens is 352 g/mol. The molecule has 5 nitrogen and oxygen atoms in total. The Kier molecular flexibility index (Phi) is 4.41. The third-order valence-electron chi connectivity index (χ3n) is 5.27. The molecule has 0 saturated carbocycles. The maximum atomic E-state index is 12.0. The predicted molar refractivity (Wildman–Crippen MR) is 101 cm³/mol. The molecule has 2 aliphatic heterocycles. The highest BCUT2D eigenvalue weighted by atomic mass is 35.5. The van der Waals surface area contributed by atoms with Gasteiger partial charge >= 0.3 is 6.09 Å². The highest BCUT2D eigenvalue weighted by molar-refractivity contribution is 6.31. The topological polar surface area (TPSA) is 50.8 Å². The molecule has 2 heterocycles. The van der Waals surface area contributed by atoms with Crippen LogP contribution in [0.3, 0.4) is 0 Å². The van der Waals surface area contributed by atoms with Crippen LogP contribution in [0.25, 0.3) is 0 Å². The van der Waals surface area contributed by atoms with Crippen molar-refractivity contribution in [1.29, 1.82) is 0 Å². The number of methoxy groups -OCH3 is 1. The molecular formula is C20H21ClN2O3. The van der Waals surface area contributed by atoms with E-state index in [1.165, 1.54) is 7.11 Å². The van der Waals surface area contributed by atoms with Crippen LogP contribution in [0.5, 0.6) is 11.5 Å². The highest BCUT2D eigenvalue weighted by Gasteiger charge is 2.42. The molecule has 0 aliphatic carbocycles. The van der Waals surface area contributed by atoms with Gasteiger partial charge in [-0.3, -0.25) is 0 Å². The summed E-state index contributed by atoms with van der Waals surface area (Å²) in [4.78, 5) is 14.3. The molecule has 6 heteroatoms. The molecule has 0 aromatic heterocycles. The van der Waals surface area contributed by atoms with Gasteiger partial charge in [-0.15, -0.1) is 0 Å². The van der Waals surface area contributed by atoms with Gasteiger partial charge in [0.1, 0.15) is 5.75 Å². The molecule has 136 valence electrons. The van der Waals surface area contributed by atoms with Crippen molar-refractivity contribution in [2.24, 2.45) is 5.92 Å². The van der Waals surface area contributed by atoms with Crippen molar-refractivity contribution >= 4 is 23.4 Å². The quantitative estimate of drug-likeness (QED) is 0.784. The van der Waals surface area contributed by atoms with Gasteiger partial charge in [0.05, 0.1) is 24.9 Å². The van der Waals surface area contributed by atoms with Crippen LogP contribution < -0.4 is 15.0 Å². The first-order valence-electron chi connectivity index (χ1n) is 8.76. The van der Waals surface area contributed by atoms with Gasteiger partial charge in [-0.1, -0.05) is 36.7 Å². The molecule has 1 N–H and O–H groups in total. The van der Waals surface area contributed by atoms with Crippen LogP contribution in [0.1, 0.15) is 24.9 Å². The Balaban J connectivity index is 1.87. The van der Waals surface area contributed by atoms with Crippen LogP contribution in [-0.2, 0) is 4.74 Å². The van der Waals surface area contributed by atoms with Crippen molar-refractivity contribution in [3.63, 3.8) is 0 Å². The number of ether oxygens (including phenoxy) is 2. The molecule has 2 aromatic rings. The van der Waals surface area contributed by atoms with Gasteiger partial charge in [0.15, 0.2) is 5.75 Å². The summed E-state index contributed by atoms with van der Waals surface area (Å²) in [5, 5.41) is 3.70. The maximum Gasteiger partial charge on any atom is 0.407 e. The molecule has 1 saturated heterocycles. The number of alkyl carbamates (subject to hydrolysis) is 1. The summed E-state index contributed by atoms with van der Waals surface area (Å²) in [5.41, 5.74) is 2.00. The Labute approximate surface area is 157 Å². The highest BCUT2D eigenvalue weighted by Crippen LogP contribution is 2.49. The summed E-state index contributed by atoms with van der Waals surface area (Å²) >= 11 is 6.27. The summed E-state index contributed by atoms with van der Waals surface area (Å²) < 4.78 is 11.1. The molecule has 1 amide bonds. The number of para-hydroxylation sites is 1. The van der Waals surface area contributed by atoms with E-state index in [0.29, 0.717) is 10.9 Å². The van der Waals surface area contributed by atoms with Crippen LogP contribution in [0.2, 0.25) is 5.02 Å². The number of amides is 1.